The standard InChI is InChI=1S/C24H26N6O/c25-14-17-7-8-22(26-15-17)29-12-9-18(10-13-29)24(31)30-11-3-4-19(16-30)23-27-20-5-1-2-6-21(20)28-23/h1-2,5-8,15,18-19H,3-4,9-13,16H2,(H,27,28)/t19-/m0/s1. The van der Waals surface area contributed by atoms with Crippen molar-refractivity contribution < 1.29 is 4.79 Å². The molecule has 1 N–H and O–H groups in total. The van der Waals surface area contributed by atoms with Crippen LogP contribution in [0.5, 0.6) is 0 Å². The Labute approximate surface area is 181 Å². The molecule has 3 aromatic rings. The number of aromatic nitrogens is 3. The summed E-state index contributed by atoms with van der Waals surface area (Å²) in [7, 11) is 0. The van der Waals surface area contributed by atoms with E-state index in [9.17, 15) is 4.79 Å². The van der Waals surface area contributed by atoms with Gasteiger partial charge in [0.2, 0.25) is 5.91 Å². The van der Waals surface area contributed by atoms with Crippen LogP contribution in [0.2, 0.25) is 0 Å². The quantitative estimate of drug-likeness (QED) is 0.709. The van der Waals surface area contributed by atoms with Gasteiger partial charge in [-0.2, -0.15) is 5.26 Å². The number of nitrogens with one attached hydrogen (secondary N) is 1. The van der Waals surface area contributed by atoms with Gasteiger partial charge in [0.05, 0.1) is 16.6 Å². The highest BCUT2D eigenvalue weighted by Gasteiger charge is 2.32. The molecule has 1 atom stereocenters. The van der Waals surface area contributed by atoms with Crippen LogP contribution in [0.4, 0.5) is 5.82 Å². The Morgan fingerprint density at radius 1 is 1.10 bits per heavy atom. The predicted octanol–water partition coefficient (Wildman–Crippen LogP) is 3.45. The van der Waals surface area contributed by atoms with E-state index in [1.54, 1.807) is 12.3 Å². The Balaban J connectivity index is 1.20. The highest BCUT2D eigenvalue weighted by molar-refractivity contribution is 5.79. The van der Waals surface area contributed by atoms with Gasteiger partial charge in [-0.15, -0.1) is 0 Å². The van der Waals surface area contributed by atoms with Crippen molar-refractivity contribution in [1.29, 1.82) is 5.26 Å². The lowest BCUT2D eigenvalue weighted by molar-refractivity contribution is -0.137. The lowest BCUT2D eigenvalue weighted by Crippen LogP contribution is -2.46. The molecule has 7 nitrogen and oxygen atoms in total. The van der Waals surface area contributed by atoms with Crippen LogP contribution in [0.15, 0.2) is 42.6 Å². The fraction of sp³-hybridized carbons (Fsp3) is 0.417. The Kier molecular flexibility index (Phi) is 5.29. The first-order valence-corrected chi connectivity index (χ1v) is 11.1. The number of hydrogen-bond acceptors (Lipinski definition) is 5. The molecule has 158 valence electrons. The van der Waals surface area contributed by atoms with E-state index < -0.39 is 0 Å². The third kappa shape index (κ3) is 3.98. The van der Waals surface area contributed by atoms with Crippen molar-refractivity contribution in [2.75, 3.05) is 31.1 Å². The number of carbonyl (C=O) groups excluding carboxylic acids is 1. The number of rotatable bonds is 3. The van der Waals surface area contributed by atoms with E-state index in [4.69, 9.17) is 10.2 Å². The van der Waals surface area contributed by atoms with Crippen molar-refractivity contribution in [1.82, 2.24) is 19.9 Å². The third-order valence-electron chi connectivity index (χ3n) is 6.57. The van der Waals surface area contributed by atoms with Gasteiger partial charge in [0, 0.05) is 44.2 Å². The minimum absolute atomic E-state index is 0.0732. The van der Waals surface area contributed by atoms with Crippen molar-refractivity contribution >= 4 is 22.8 Å². The monoisotopic (exact) mass is 414 g/mol. The summed E-state index contributed by atoms with van der Waals surface area (Å²) in [5.74, 6) is 2.51. The number of pyridine rings is 1. The van der Waals surface area contributed by atoms with E-state index in [1.807, 2.05) is 30.3 Å². The summed E-state index contributed by atoms with van der Waals surface area (Å²) in [5.41, 5.74) is 2.62. The molecule has 0 aliphatic carbocycles. The van der Waals surface area contributed by atoms with Gasteiger partial charge < -0.3 is 14.8 Å². The maximum Gasteiger partial charge on any atom is 0.225 e. The molecule has 2 aliphatic heterocycles. The average Bonchev–Trinajstić information content (AvgIpc) is 3.28. The molecule has 2 aromatic heterocycles. The van der Waals surface area contributed by atoms with Crippen LogP contribution in [-0.4, -0.2) is 51.9 Å². The molecule has 2 saturated heterocycles. The largest absolute Gasteiger partial charge is 0.357 e. The number of amides is 1. The number of nitriles is 1. The molecule has 1 amide bonds. The van der Waals surface area contributed by atoms with Gasteiger partial charge in [-0.05, 0) is 49.9 Å². The van der Waals surface area contributed by atoms with Gasteiger partial charge in [0.1, 0.15) is 17.7 Å². The van der Waals surface area contributed by atoms with Crippen molar-refractivity contribution in [3.8, 4) is 6.07 Å². The van der Waals surface area contributed by atoms with Crippen molar-refractivity contribution in [2.24, 2.45) is 5.92 Å². The second kappa shape index (κ2) is 8.38. The molecule has 0 saturated carbocycles. The molecule has 7 heteroatoms. The van der Waals surface area contributed by atoms with Crippen LogP contribution in [0.3, 0.4) is 0 Å². The molecule has 31 heavy (non-hydrogen) atoms. The number of nitrogens with zero attached hydrogens (tertiary/aromatic N) is 5. The molecule has 0 spiro atoms. The smallest absolute Gasteiger partial charge is 0.225 e. The summed E-state index contributed by atoms with van der Waals surface area (Å²) in [6.07, 6.45) is 5.37. The molecule has 0 bridgehead atoms. The van der Waals surface area contributed by atoms with Crippen molar-refractivity contribution in [3.63, 3.8) is 0 Å². The zero-order valence-corrected chi connectivity index (χ0v) is 17.5. The first-order valence-electron chi connectivity index (χ1n) is 11.1. The molecule has 4 heterocycles. The number of hydrogen-bond donors (Lipinski definition) is 1. The summed E-state index contributed by atoms with van der Waals surface area (Å²) < 4.78 is 0. The summed E-state index contributed by atoms with van der Waals surface area (Å²) in [4.78, 5) is 30.1. The number of piperidine rings is 2. The lowest BCUT2D eigenvalue weighted by Gasteiger charge is -2.37. The molecular formula is C24H26N6O. The van der Waals surface area contributed by atoms with E-state index in [1.165, 1.54) is 0 Å². The number of likely N-dealkylation sites (tertiary alicyclic amines) is 1. The highest BCUT2D eigenvalue weighted by atomic mass is 16.2. The van der Waals surface area contributed by atoms with Crippen LogP contribution in [0.1, 0.15) is 43.0 Å². The molecule has 2 aliphatic rings. The molecule has 5 rings (SSSR count). The lowest BCUT2D eigenvalue weighted by atomic mass is 9.92. The summed E-state index contributed by atoms with van der Waals surface area (Å²) in [6.45, 7) is 3.22. The Hall–Kier alpha value is -3.40. The number of carbonyl (C=O) groups is 1. The number of aromatic amines is 1. The number of fused-ring (bicyclic) bond motifs is 1. The van der Waals surface area contributed by atoms with Crippen LogP contribution < -0.4 is 4.90 Å². The van der Waals surface area contributed by atoms with Gasteiger partial charge in [0.15, 0.2) is 0 Å². The summed E-state index contributed by atoms with van der Waals surface area (Å²) in [5, 5.41) is 8.94. The zero-order chi connectivity index (χ0) is 21.2. The maximum absolute atomic E-state index is 13.3. The third-order valence-corrected chi connectivity index (χ3v) is 6.57. The SMILES string of the molecule is N#Cc1ccc(N2CCC(C(=O)N3CCC[C@H](c4nc5ccccc5[nH]4)C3)CC2)nc1. The number of H-pyrrole nitrogens is 1. The second-order valence-corrected chi connectivity index (χ2v) is 8.54. The number of imidazole rings is 1. The topological polar surface area (TPSA) is 88.9 Å². The Morgan fingerprint density at radius 2 is 1.94 bits per heavy atom. The van der Waals surface area contributed by atoms with Crippen LogP contribution >= 0.6 is 0 Å². The molecule has 1 aromatic carbocycles. The second-order valence-electron chi connectivity index (χ2n) is 8.54. The van der Waals surface area contributed by atoms with E-state index in [2.05, 4.69) is 25.8 Å². The Bertz CT molecular complexity index is 1070. The van der Waals surface area contributed by atoms with Gasteiger partial charge >= 0.3 is 0 Å². The highest BCUT2D eigenvalue weighted by Crippen LogP contribution is 2.30. The fourth-order valence-electron chi connectivity index (χ4n) is 4.82. The molecular weight excluding hydrogens is 388 g/mol. The summed E-state index contributed by atoms with van der Waals surface area (Å²) in [6, 6.07) is 13.9. The zero-order valence-electron chi connectivity index (χ0n) is 17.5. The Morgan fingerprint density at radius 3 is 2.68 bits per heavy atom. The van der Waals surface area contributed by atoms with E-state index in [0.29, 0.717) is 5.56 Å². The number of benzene rings is 1. The summed E-state index contributed by atoms with van der Waals surface area (Å²) >= 11 is 0. The van der Waals surface area contributed by atoms with Crippen molar-refractivity contribution in [2.45, 2.75) is 31.6 Å². The van der Waals surface area contributed by atoms with E-state index in [0.717, 1.165) is 74.5 Å². The van der Waals surface area contributed by atoms with Gasteiger partial charge in [-0.3, -0.25) is 4.79 Å². The van der Waals surface area contributed by atoms with Gasteiger partial charge in [-0.25, -0.2) is 9.97 Å². The van der Waals surface area contributed by atoms with E-state index in [-0.39, 0.29) is 17.7 Å². The van der Waals surface area contributed by atoms with Crippen LogP contribution in [0, 0.1) is 17.2 Å². The van der Waals surface area contributed by atoms with Crippen LogP contribution in [0.25, 0.3) is 11.0 Å². The molecule has 0 radical (unpaired) electrons. The van der Waals surface area contributed by atoms with Gasteiger partial charge in [-0.1, -0.05) is 12.1 Å². The van der Waals surface area contributed by atoms with Crippen molar-refractivity contribution in [3.05, 3.63) is 54.0 Å². The fourth-order valence-corrected chi connectivity index (χ4v) is 4.82. The van der Waals surface area contributed by atoms with Crippen LogP contribution in [-0.2, 0) is 4.79 Å². The number of para-hydroxylation sites is 2. The number of anilines is 1. The molecule has 2 fully saturated rings. The minimum Gasteiger partial charge on any atom is -0.357 e. The molecule has 0 unspecified atom stereocenters. The maximum atomic E-state index is 13.3. The van der Waals surface area contributed by atoms with Gasteiger partial charge in [0.25, 0.3) is 0 Å². The first-order chi connectivity index (χ1) is 15.2. The van der Waals surface area contributed by atoms with E-state index >= 15 is 0 Å². The average molecular weight is 415 g/mol. The first kappa shape index (κ1) is 19.6. The predicted molar refractivity (Wildman–Crippen MR) is 119 cm³/mol. The normalized spacial score (nSPS) is 20.0. The minimum atomic E-state index is 0.0732.